The van der Waals surface area contributed by atoms with Crippen LogP contribution in [-0.2, 0) is 13.0 Å². The average molecular weight is 327 g/mol. The zero-order chi connectivity index (χ0) is 13.0. The summed E-state index contributed by atoms with van der Waals surface area (Å²) in [5.74, 6) is 0.830. The summed E-state index contributed by atoms with van der Waals surface area (Å²) >= 11 is 5.09. The number of nitrogens with zero attached hydrogens (tertiary/aromatic N) is 1. The molecule has 0 fully saturated rings. The van der Waals surface area contributed by atoms with Crippen molar-refractivity contribution < 1.29 is 4.74 Å². The van der Waals surface area contributed by atoms with Gasteiger partial charge in [-0.3, -0.25) is 0 Å². The van der Waals surface area contributed by atoms with Crippen LogP contribution < -0.4 is 10.5 Å². The lowest BCUT2D eigenvalue weighted by atomic mass is 10.1. The quantitative estimate of drug-likeness (QED) is 0.916. The van der Waals surface area contributed by atoms with Gasteiger partial charge < -0.3 is 10.5 Å². The molecule has 5 heteroatoms. The lowest BCUT2D eigenvalue weighted by molar-refractivity contribution is 0.300. The van der Waals surface area contributed by atoms with E-state index in [9.17, 15) is 0 Å². The van der Waals surface area contributed by atoms with E-state index >= 15 is 0 Å². The van der Waals surface area contributed by atoms with Gasteiger partial charge in [-0.15, -0.1) is 11.3 Å². The van der Waals surface area contributed by atoms with Gasteiger partial charge in [0.05, 0.1) is 15.7 Å². The Morgan fingerprint density at radius 2 is 2.33 bits per heavy atom. The summed E-state index contributed by atoms with van der Waals surface area (Å²) in [6, 6.07) is 6.23. The van der Waals surface area contributed by atoms with Crippen LogP contribution >= 0.6 is 27.3 Å². The zero-order valence-electron chi connectivity index (χ0n) is 10.1. The molecule has 0 aliphatic carbocycles. The summed E-state index contributed by atoms with van der Waals surface area (Å²) in [5.41, 5.74) is 9.74. The SMILES string of the molecule is CC(N)Cc1ccc(OCc2cscn2)c(Br)c1. The van der Waals surface area contributed by atoms with Gasteiger partial charge in [0.1, 0.15) is 12.4 Å². The minimum Gasteiger partial charge on any atom is -0.486 e. The first-order valence-electron chi connectivity index (χ1n) is 5.69. The molecule has 3 nitrogen and oxygen atoms in total. The topological polar surface area (TPSA) is 48.1 Å². The highest BCUT2D eigenvalue weighted by molar-refractivity contribution is 9.10. The van der Waals surface area contributed by atoms with Gasteiger partial charge >= 0.3 is 0 Å². The molecule has 1 aromatic carbocycles. The summed E-state index contributed by atoms with van der Waals surface area (Å²) in [5, 5.41) is 1.98. The second-order valence-electron chi connectivity index (χ2n) is 4.21. The lowest BCUT2D eigenvalue weighted by Crippen LogP contribution is -2.17. The summed E-state index contributed by atoms with van der Waals surface area (Å²) in [7, 11) is 0. The van der Waals surface area contributed by atoms with Crippen LogP contribution in [0.2, 0.25) is 0 Å². The molecule has 1 aromatic heterocycles. The largest absolute Gasteiger partial charge is 0.486 e. The van der Waals surface area contributed by atoms with Crippen molar-refractivity contribution in [2.75, 3.05) is 0 Å². The van der Waals surface area contributed by atoms with Gasteiger partial charge in [-0.05, 0) is 47.0 Å². The molecule has 18 heavy (non-hydrogen) atoms. The second-order valence-corrected chi connectivity index (χ2v) is 5.79. The van der Waals surface area contributed by atoms with Crippen LogP contribution in [0, 0.1) is 0 Å². The highest BCUT2D eigenvalue weighted by Gasteiger charge is 2.05. The first kappa shape index (κ1) is 13.5. The van der Waals surface area contributed by atoms with Crippen molar-refractivity contribution in [2.24, 2.45) is 5.73 Å². The number of rotatable bonds is 5. The third-order valence-electron chi connectivity index (χ3n) is 2.41. The van der Waals surface area contributed by atoms with E-state index in [1.54, 1.807) is 16.8 Å². The molecule has 1 unspecified atom stereocenters. The molecular formula is C13H15BrN2OS. The molecule has 0 saturated carbocycles. The number of nitrogens with two attached hydrogens (primary N) is 1. The number of halogens is 1. The number of benzene rings is 1. The molecule has 0 saturated heterocycles. The average Bonchev–Trinajstić information content (AvgIpc) is 2.80. The Bertz CT molecular complexity index is 500. The Balaban J connectivity index is 2.01. The molecule has 0 aliphatic rings. The summed E-state index contributed by atoms with van der Waals surface area (Å²) < 4.78 is 6.66. The van der Waals surface area contributed by atoms with E-state index in [1.807, 2.05) is 24.4 Å². The van der Waals surface area contributed by atoms with E-state index < -0.39 is 0 Å². The van der Waals surface area contributed by atoms with Crippen molar-refractivity contribution in [2.45, 2.75) is 26.0 Å². The van der Waals surface area contributed by atoms with Crippen molar-refractivity contribution in [3.63, 3.8) is 0 Å². The molecule has 0 bridgehead atoms. The molecule has 96 valence electrons. The number of aromatic nitrogens is 1. The monoisotopic (exact) mass is 326 g/mol. The predicted octanol–water partition coefficient (Wildman–Crippen LogP) is 3.37. The number of hydrogen-bond donors (Lipinski definition) is 1. The number of thiazole rings is 1. The van der Waals surface area contributed by atoms with Crippen LogP contribution in [0.1, 0.15) is 18.2 Å². The van der Waals surface area contributed by atoms with Crippen LogP contribution in [0.4, 0.5) is 0 Å². The third-order valence-corrected chi connectivity index (χ3v) is 3.67. The van der Waals surface area contributed by atoms with Gasteiger partial charge in [-0.1, -0.05) is 6.07 Å². The maximum Gasteiger partial charge on any atom is 0.134 e. The van der Waals surface area contributed by atoms with Gasteiger partial charge in [0.15, 0.2) is 0 Å². The Hall–Kier alpha value is -0.910. The molecule has 0 amide bonds. The highest BCUT2D eigenvalue weighted by atomic mass is 79.9. The normalized spacial score (nSPS) is 12.4. The molecule has 0 spiro atoms. The smallest absolute Gasteiger partial charge is 0.134 e. The van der Waals surface area contributed by atoms with Crippen LogP contribution in [-0.4, -0.2) is 11.0 Å². The number of ether oxygens (including phenoxy) is 1. The van der Waals surface area contributed by atoms with Gasteiger partial charge in [0.25, 0.3) is 0 Å². The molecule has 0 aliphatic heterocycles. The van der Waals surface area contributed by atoms with E-state index in [2.05, 4.69) is 27.0 Å². The molecule has 2 rings (SSSR count). The van der Waals surface area contributed by atoms with Gasteiger partial charge in [-0.2, -0.15) is 0 Å². The fourth-order valence-electron chi connectivity index (χ4n) is 1.62. The van der Waals surface area contributed by atoms with Crippen LogP contribution in [0.3, 0.4) is 0 Å². The maximum absolute atomic E-state index is 5.78. The minimum absolute atomic E-state index is 0.165. The summed E-state index contributed by atoms with van der Waals surface area (Å²) in [6.07, 6.45) is 0.866. The Labute approximate surface area is 119 Å². The Morgan fingerprint density at radius 3 is 2.94 bits per heavy atom. The van der Waals surface area contributed by atoms with E-state index in [0.29, 0.717) is 6.61 Å². The van der Waals surface area contributed by atoms with Crippen molar-refractivity contribution in [1.29, 1.82) is 0 Å². The first-order chi connectivity index (χ1) is 8.65. The molecule has 1 heterocycles. The fraction of sp³-hybridized carbons (Fsp3) is 0.308. The van der Waals surface area contributed by atoms with Crippen molar-refractivity contribution in [1.82, 2.24) is 4.98 Å². The predicted molar refractivity (Wildman–Crippen MR) is 77.9 cm³/mol. The van der Waals surface area contributed by atoms with Crippen molar-refractivity contribution in [3.05, 3.63) is 44.8 Å². The van der Waals surface area contributed by atoms with E-state index in [4.69, 9.17) is 10.5 Å². The lowest BCUT2D eigenvalue weighted by Gasteiger charge is -2.10. The van der Waals surface area contributed by atoms with Gasteiger partial charge in [0, 0.05) is 11.4 Å². The maximum atomic E-state index is 5.78. The van der Waals surface area contributed by atoms with Crippen molar-refractivity contribution in [3.8, 4) is 5.75 Å². The third kappa shape index (κ3) is 3.80. The molecule has 2 aromatic rings. The summed E-state index contributed by atoms with van der Waals surface area (Å²) in [4.78, 5) is 4.18. The van der Waals surface area contributed by atoms with E-state index in [1.165, 1.54) is 5.56 Å². The zero-order valence-corrected chi connectivity index (χ0v) is 12.5. The van der Waals surface area contributed by atoms with Crippen molar-refractivity contribution >= 4 is 27.3 Å². The molecule has 2 N–H and O–H groups in total. The Kier molecular flexibility index (Phi) is 4.74. The van der Waals surface area contributed by atoms with Crippen LogP contribution in [0.15, 0.2) is 33.6 Å². The highest BCUT2D eigenvalue weighted by Crippen LogP contribution is 2.27. The molecule has 0 radical (unpaired) electrons. The van der Waals surface area contributed by atoms with Crippen LogP contribution in [0.25, 0.3) is 0 Å². The molecular weight excluding hydrogens is 312 g/mol. The van der Waals surface area contributed by atoms with E-state index in [-0.39, 0.29) is 6.04 Å². The van der Waals surface area contributed by atoms with Crippen LogP contribution in [0.5, 0.6) is 5.75 Å². The number of hydrogen-bond acceptors (Lipinski definition) is 4. The Morgan fingerprint density at radius 1 is 1.50 bits per heavy atom. The van der Waals surface area contributed by atoms with E-state index in [0.717, 1.165) is 22.3 Å². The summed E-state index contributed by atoms with van der Waals surface area (Å²) in [6.45, 7) is 2.50. The second kappa shape index (κ2) is 6.31. The minimum atomic E-state index is 0.165. The first-order valence-corrected chi connectivity index (χ1v) is 7.42. The van der Waals surface area contributed by atoms with Gasteiger partial charge in [0.2, 0.25) is 0 Å². The molecule has 1 atom stereocenters. The fourth-order valence-corrected chi connectivity index (χ4v) is 2.70. The standard InChI is InChI=1S/C13H15BrN2OS/c1-9(15)4-10-2-3-13(12(14)5-10)17-6-11-7-18-8-16-11/h2-3,5,7-9H,4,6,15H2,1H3. The van der Waals surface area contributed by atoms with Gasteiger partial charge in [-0.25, -0.2) is 4.98 Å².